The molecule has 2 aliphatic rings. The van der Waals surface area contributed by atoms with E-state index in [1.165, 1.54) is 53.6 Å². The molecule has 0 fully saturated rings. The molecule has 6 heteroatoms. The van der Waals surface area contributed by atoms with Gasteiger partial charge in [0.25, 0.3) is 0 Å². The minimum Gasteiger partial charge on any atom is -0.423 e. The first-order valence-corrected chi connectivity index (χ1v) is 18.6. The molecule has 0 aromatic heterocycles. The van der Waals surface area contributed by atoms with Crippen molar-refractivity contribution in [3.05, 3.63) is 168 Å². The lowest BCUT2D eigenvalue weighted by Crippen LogP contribution is -2.31. The van der Waals surface area contributed by atoms with Gasteiger partial charge in [-0.05, 0) is 120 Å². The second-order valence-electron chi connectivity index (χ2n) is 13.2. The van der Waals surface area contributed by atoms with E-state index in [-0.39, 0.29) is 18.3 Å². The lowest BCUT2D eigenvalue weighted by Gasteiger charge is -2.22. The third-order valence-electron chi connectivity index (χ3n) is 9.43. The van der Waals surface area contributed by atoms with Crippen LogP contribution in [-0.2, 0) is 10.8 Å². The molecule has 0 amide bonds. The predicted molar refractivity (Wildman–Crippen MR) is 225 cm³/mol. The van der Waals surface area contributed by atoms with Gasteiger partial charge in [0.15, 0.2) is 0 Å². The summed E-state index contributed by atoms with van der Waals surface area (Å²) in [5.41, 5.74) is 13.6. The highest BCUT2D eigenvalue weighted by molar-refractivity contribution is 14.1. The molecule has 0 aliphatic heterocycles. The molecule has 0 unspecified atom stereocenters. The number of rotatable bonds is 2. The summed E-state index contributed by atoms with van der Waals surface area (Å²) in [5.74, 6) is 0. The predicted octanol–water partition coefficient (Wildman–Crippen LogP) is 11.8. The van der Waals surface area contributed by atoms with Gasteiger partial charge in [-0.25, -0.2) is 0 Å². The van der Waals surface area contributed by atoms with Gasteiger partial charge in [-0.3, -0.25) is 0 Å². The van der Waals surface area contributed by atoms with Crippen molar-refractivity contribution in [1.29, 1.82) is 0 Å². The van der Waals surface area contributed by atoms with E-state index < -0.39 is 7.12 Å². The van der Waals surface area contributed by atoms with Crippen LogP contribution in [0.15, 0.2) is 142 Å². The maximum atomic E-state index is 9.30. The molecular weight excluding hydrogens is 846 g/mol. The van der Waals surface area contributed by atoms with Crippen LogP contribution in [0.5, 0.6) is 0 Å². The van der Waals surface area contributed by atoms with Crippen molar-refractivity contribution in [2.45, 2.75) is 46.0 Å². The summed E-state index contributed by atoms with van der Waals surface area (Å²) in [4.78, 5) is 0. The van der Waals surface area contributed by atoms with Gasteiger partial charge >= 0.3 is 7.12 Å². The Hall–Kier alpha value is -3.01. The van der Waals surface area contributed by atoms with Gasteiger partial charge in [0.1, 0.15) is 0 Å². The smallest absolute Gasteiger partial charge is 0.423 e. The van der Waals surface area contributed by atoms with Crippen molar-refractivity contribution in [3.63, 3.8) is 0 Å². The fourth-order valence-electron chi connectivity index (χ4n) is 6.89. The number of fused-ring (bicyclic) bond motifs is 6. The normalized spacial score (nSPS) is 13.6. The van der Waals surface area contributed by atoms with E-state index >= 15 is 0 Å². The summed E-state index contributed by atoms with van der Waals surface area (Å²) < 4.78 is 3.52. The van der Waals surface area contributed by atoms with Gasteiger partial charge in [-0.15, -0.1) is 0 Å². The third kappa shape index (κ3) is 7.55. The lowest BCUT2D eigenvalue weighted by atomic mass is 9.75. The molecular formula is C43H40BBr2IO2. The molecule has 0 saturated carbocycles. The minimum atomic E-state index is -1.41. The van der Waals surface area contributed by atoms with Crippen LogP contribution < -0.4 is 5.46 Å². The molecule has 0 bridgehead atoms. The summed E-state index contributed by atoms with van der Waals surface area (Å²) in [6.45, 7) is 8.99. The summed E-state index contributed by atoms with van der Waals surface area (Å²) in [7, 11) is -1.41. The van der Waals surface area contributed by atoms with E-state index in [2.05, 4.69) is 173 Å². The van der Waals surface area contributed by atoms with Gasteiger partial charge in [-0.1, -0.05) is 164 Å². The van der Waals surface area contributed by atoms with E-state index in [1.54, 1.807) is 6.07 Å². The topological polar surface area (TPSA) is 40.5 Å². The Morgan fingerprint density at radius 2 is 0.959 bits per heavy atom. The van der Waals surface area contributed by atoms with Gasteiger partial charge in [0, 0.05) is 23.3 Å². The van der Waals surface area contributed by atoms with Crippen LogP contribution in [0, 0.1) is 3.57 Å². The highest BCUT2D eigenvalue weighted by Crippen LogP contribution is 2.50. The molecule has 0 spiro atoms. The standard InChI is InChI=1S/C21H17Br.C15H15BO2.C6H4BrI.CH4/c1-21(2)19-9-4-3-8-17(19)18-11-10-15(13-20(18)21)14-6-5-7-16(22)12-14;1-15(2)13-6-4-3-5-11(13)12-8-7-10(16(17)18)9-14(12)15;7-5-2-1-3-6(8)4-5;/h3-13H,1-2H3;3-9,17-18H,1-2H3;1-4H;1H4. The first-order valence-electron chi connectivity index (χ1n) is 15.9. The Morgan fingerprint density at radius 1 is 0.490 bits per heavy atom. The minimum absolute atomic E-state index is 0. The maximum Gasteiger partial charge on any atom is 0.488 e. The van der Waals surface area contributed by atoms with Crippen LogP contribution in [0.2, 0.25) is 0 Å². The Bertz CT molecular complexity index is 2100. The molecule has 6 aromatic carbocycles. The fourth-order valence-corrected chi connectivity index (χ4v) is 8.66. The van der Waals surface area contributed by atoms with Gasteiger partial charge in [0.05, 0.1) is 0 Å². The zero-order valence-electron chi connectivity index (χ0n) is 27.3. The van der Waals surface area contributed by atoms with Crippen LogP contribution in [0.3, 0.4) is 0 Å². The summed E-state index contributed by atoms with van der Waals surface area (Å²) in [6, 6.07) is 46.3. The van der Waals surface area contributed by atoms with Crippen LogP contribution >= 0.6 is 54.5 Å². The maximum absolute atomic E-state index is 9.30. The van der Waals surface area contributed by atoms with Crippen molar-refractivity contribution in [2.75, 3.05) is 0 Å². The van der Waals surface area contributed by atoms with Gasteiger partial charge in [-0.2, -0.15) is 0 Å². The Balaban J connectivity index is 0.000000156. The van der Waals surface area contributed by atoms with E-state index in [9.17, 15) is 10.0 Å². The fraction of sp³-hybridized carbons (Fsp3) is 0.163. The van der Waals surface area contributed by atoms with Crippen molar-refractivity contribution in [2.24, 2.45) is 0 Å². The van der Waals surface area contributed by atoms with Crippen LogP contribution in [0.25, 0.3) is 33.4 Å². The molecule has 0 saturated heterocycles. The van der Waals surface area contributed by atoms with E-state index in [1.807, 2.05) is 36.4 Å². The summed E-state index contributed by atoms with van der Waals surface area (Å²) in [6.07, 6.45) is 0. The van der Waals surface area contributed by atoms with Crippen molar-refractivity contribution in [3.8, 4) is 33.4 Å². The zero-order valence-corrected chi connectivity index (χ0v) is 32.6. The van der Waals surface area contributed by atoms with Crippen LogP contribution in [-0.4, -0.2) is 17.2 Å². The summed E-state index contributed by atoms with van der Waals surface area (Å²) >= 11 is 9.20. The lowest BCUT2D eigenvalue weighted by molar-refractivity contribution is 0.425. The second-order valence-corrected chi connectivity index (χ2v) is 16.3. The number of benzene rings is 6. The Morgan fingerprint density at radius 3 is 1.47 bits per heavy atom. The molecule has 2 N–H and O–H groups in total. The van der Waals surface area contributed by atoms with E-state index in [4.69, 9.17) is 0 Å². The Kier molecular flexibility index (Phi) is 11.5. The average molecular weight is 886 g/mol. The molecule has 49 heavy (non-hydrogen) atoms. The van der Waals surface area contributed by atoms with Crippen molar-refractivity contribution in [1.82, 2.24) is 0 Å². The number of hydrogen-bond acceptors (Lipinski definition) is 2. The quantitative estimate of drug-likeness (QED) is 0.134. The van der Waals surface area contributed by atoms with Crippen LogP contribution in [0.1, 0.15) is 57.4 Å². The average Bonchev–Trinajstić information content (AvgIpc) is 3.44. The van der Waals surface area contributed by atoms with Crippen molar-refractivity contribution < 1.29 is 10.0 Å². The summed E-state index contributed by atoms with van der Waals surface area (Å²) in [5, 5.41) is 18.6. The third-order valence-corrected chi connectivity index (χ3v) is 11.1. The van der Waals surface area contributed by atoms with Gasteiger partial charge in [0.2, 0.25) is 0 Å². The van der Waals surface area contributed by atoms with Crippen LogP contribution in [0.4, 0.5) is 0 Å². The van der Waals surface area contributed by atoms with E-state index in [0.717, 1.165) is 14.5 Å². The highest BCUT2D eigenvalue weighted by atomic mass is 127. The highest BCUT2D eigenvalue weighted by Gasteiger charge is 2.36. The largest absolute Gasteiger partial charge is 0.488 e. The molecule has 2 aliphatic carbocycles. The Labute approximate surface area is 322 Å². The van der Waals surface area contributed by atoms with Gasteiger partial charge < -0.3 is 10.0 Å². The zero-order chi connectivity index (χ0) is 34.2. The first kappa shape index (κ1) is 37.3. The number of hydrogen-bond donors (Lipinski definition) is 2. The van der Waals surface area contributed by atoms with E-state index in [0.29, 0.717) is 5.46 Å². The molecule has 8 rings (SSSR count). The van der Waals surface area contributed by atoms with Crippen molar-refractivity contribution >= 4 is 67.0 Å². The SMILES string of the molecule is Brc1cccc(I)c1.C.CC1(C)c2ccccc2-c2ccc(-c3cccc(Br)c3)cc21.CC1(C)c2ccccc2-c2ccc(B(O)O)cc21. The monoisotopic (exact) mass is 884 g/mol. The molecule has 248 valence electrons. The molecule has 0 heterocycles. The number of halogens is 3. The molecule has 0 radical (unpaired) electrons. The second kappa shape index (κ2) is 15.1. The molecule has 6 aromatic rings. The first-order chi connectivity index (χ1) is 22.9. The molecule has 0 atom stereocenters. The molecule has 2 nitrogen and oxygen atoms in total.